The third kappa shape index (κ3) is 1.82. The van der Waals surface area contributed by atoms with E-state index in [9.17, 15) is 4.79 Å². The van der Waals surface area contributed by atoms with E-state index in [4.69, 9.17) is 5.73 Å². The average Bonchev–Trinajstić information content (AvgIpc) is 2.57. The molecular weight excluding hydrogens is 202 g/mol. The molecule has 1 aromatic heterocycles. The van der Waals surface area contributed by atoms with E-state index in [0.29, 0.717) is 0 Å². The van der Waals surface area contributed by atoms with Crippen molar-refractivity contribution >= 4 is 16.7 Å². The zero-order valence-corrected chi connectivity index (χ0v) is 9.05. The fraction of sp³-hybridized carbons (Fsp3) is 0.167. The van der Waals surface area contributed by atoms with E-state index in [0.717, 1.165) is 16.6 Å². The topological polar surface area (TPSA) is 60.9 Å². The Balaban J connectivity index is 2.42. The molecular formula is C12H13N3O. The second-order valence-corrected chi connectivity index (χ2v) is 3.59. The van der Waals surface area contributed by atoms with Crippen LogP contribution in [0, 0.1) is 6.92 Å². The number of ketones is 1. The molecule has 1 aromatic carbocycles. The lowest BCUT2D eigenvalue weighted by atomic mass is 10.2. The fourth-order valence-corrected chi connectivity index (χ4v) is 1.72. The number of rotatable bonds is 3. The predicted octanol–water partition coefficient (Wildman–Crippen LogP) is 1.39. The van der Waals surface area contributed by atoms with Crippen LogP contribution in [0.25, 0.3) is 10.9 Å². The molecule has 0 saturated heterocycles. The monoisotopic (exact) mass is 215 g/mol. The van der Waals surface area contributed by atoms with Gasteiger partial charge in [-0.2, -0.15) is 5.10 Å². The van der Waals surface area contributed by atoms with E-state index in [-0.39, 0.29) is 12.3 Å². The molecule has 0 unspecified atom stereocenters. The van der Waals surface area contributed by atoms with Gasteiger partial charge < -0.3 is 5.73 Å². The molecule has 0 amide bonds. The first-order valence-corrected chi connectivity index (χ1v) is 5.05. The largest absolute Gasteiger partial charge is 0.404 e. The number of nitrogens with two attached hydrogens (primary N) is 1. The van der Waals surface area contributed by atoms with Crippen molar-refractivity contribution in [3.8, 4) is 0 Å². The molecule has 0 fully saturated rings. The van der Waals surface area contributed by atoms with Gasteiger partial charge in [0.25, 0.3) is 0 Å². The highest BCUT2D eigenvalue weighted by Gasteiger charge is 2.07. The second kappa shape index (κ2) is 4.18. The lowest BCUT2D eigenvalue weighted by molar-refractivity contribution is -0.115. The normalized spacial score (nSPS) is 11.3. The molecule has 0 bridgehead atoms. The van der Waals surface area contributed by atoms with Crippen LogP contribution in [-0.4, -0.2) is 15.6 Å². The van der Waals surface area contributed by atoms with Crippen LogP contribution >= 0.6 is 0 Å². The van der Waals surface area contributed by atoms with Crippen LogP contribution in [0.15, 0.2) is 36.5 Å². The van der Waals surface area contributed by atoms with Crippen LogP contribution in [0.3, 0.4) is 0 Å². The average molecular weight is 215 g/mol. The van der Waals surface area contributed by atoms with Crippen molar-refractivity contribution in [1.29, 1.82) is 0 Å². The summed E-state index contributed by atoms with van der Waals surface area (Å²) in [5.74, 6) is -0.0595. The minimum atomic E-state index is -0.0595. The number of hydrogen-bond acceptors (Lipinski definition) is 3. The number of hydrogen-bond donors (Lipinski definition) is 1. The van der Waals surface area contributed by atoms with Gasteiger partial charge in [-0.05, 0) is 25.3 Å². The zero-order valence-electron chi connectivity index (χ0n) is 9.05. The van der Waals surface area contributed by atoms with E-state index in [1.165, 1.54) is 12.3 Å². The number of allylic oxidation sites excluding steroid dienone is 1. The Morgan fingerprint density at radius 1 is 1.50 bits per heavy atom. The second-order valence-electron chi connectivity index (χ2n) is 3.59. The maximum Gasteiger partial charge on any atom is 0.178 e. The fourth-order valence-electron chi connectivity index (χ4n) is 1.72. The lowest BCUT2D eigenvalue weighted by Crippen LogP contribution is -2.09. The minimum Gasteiger partial charge on any atom is -0.404 e. The van der Waals surface area contributed by atoms with Gasteiger partial charge >= 0.3 is 0 Å². The molecule has 0 saturated carbocycles. The van der Waals surface area contributed by atoms with Gasteiger partial charge in [0.1, 0.15) is 6.54 Å². The van der Waals surface area contributed by atoms with Crippen LogP contribution < -0.4 is 5.73 Å². The van der Waals surface area contributed by atoms with Crippen molar-refractivity contribution in [2.24, 2.45) is 5.73 Å². The summed E-state index contributed by atoms with van der Waals surface area (Å²) in [4.78, 5) is 11.4. The Morgan fingerprint density at radius 3 is 3.00 bits per heavy atom. The number of aryl methyl sites for hydroxylation is 1. The third-order valence-corrected chi connectivity index (χ3v) is 2.43. The molecule has 16 heavy (non-hydrogen) atoms. The van der Waals surface area contributed by atoms with Crippen LogP contribution in [0.2, 0.25) is 0 Å². The molecule has 1 heterocycles. The Bertz CT molecular complexity index is 554. The van der Waals surface area contributed by atoms with Gasteiger partial charge in [-0.25, -0.2) is 0 Å². The maximum atomic E-state index is 11.4. The standard InChI is InChI=1S/C12H13N3O/c1-9-11-4-2-3-5-12(11)15(14-9)8-10(16)6-7-13/h2-7H,8,13H2,1H3/b7-6-. The molecule has 4 heteroatoms. The highest BCUT2D eigenvalue weighted by molar-refractivity contribution is 5.91. The van der Waals surface area contributed by atoms with E-state index >= 15 is 0 Å². The van der Waals surface area contributed by atoms with Crippen molar-refractivity contribution < 1.29 is 4.79 Å². The Kier molecular flexibility index (Phi) is 2.72. The number of aromatic nitrogens is 2. The van der Waals surface area contributed by atoms with Gasteiger partial charge in [-0.3, -0.25) is 9.48 Å². The number of benzene rings is 1. The third-order valence-electron chi connectivity index (χ3n) is 2.43. The number of carbonyl (C=O) groups is 1. The Labute approximate surface area is 93.4 Å². The van der Waals surface area contributed by atoms with Crippen LogP contribution in [0.4, 0.5) is 0 Å². The predicted molar refractivity (Wildman–Crippen MR) is 62.8 cm³/mol. The van der Waals surface area contributed by atoms with Gasteiger partial charge in [0.05, 0.1) is 11.2 Å². The van der Waals surface area contributed by atoms with E-state index < -0.39 is 0 Å². The van der Waals surface area contributed by atoms with Gasteiger partial charge in [0.2, 0.25) is 0 Å². The summed E-state index contributed by atoms with van der Waals surface area (Å²) in [6, 6.07) is 7.85. The summed E-state index contributed by atoms with van der Waals surface area (Å²) in [7, 11) is 0. The van der Waals surface area contributed by atoms with E-state index in [1.54, 1.807) is 4.68 Å². The first-order valence-electron chi connectivity index (χ1n) is 5.05. The lowest BCUT2D eigenvalue weighted by Gasteiger charge is -1.99. The van der Waals surface area contributed by atoms with Crippen molar-refractivity contribution in [1.82, 2.24) is 9.78 Å². The molecule has 0 aliphatic carbocycles. The van der Waals surface area contributed by atoms with Gasteiger partial charge in [-0.15, -0.1) is 0 Å². The molecule has 2 N–H and O–H groups in total. The van der Waals surface area contributed by atoms with Crippen molar-refractivity contribution in [2.75, 3.05) is 0 Å². The first kappa shape index (κ1) is 10.4. The summed E-state index contributed by atoms with van der Waals surface area (Å²) >= 11 is 0. The number of para-hydroxylation sites is 1. The quantitative estimate of drug-likeness (QED) is 0.787. The van der Waals surface area contributed by atoms with Crippen LogP contribution in [0.5, 0.6) is 0 Å². The molecule has 2 aromatic rings. The Morgan fingerprint density at radius 2 is 2.25 bits per heavy atom. The van der Waals surface area contributed by atoms with Gasteiger partial charge in [0, 0.05) is 5.39 Å². The summed E-state index contributed by atoms with van der Waals surface area (Å²) in [6.45, 7) is 2.16. The molecule has 0 aliphatic heterocycles. The summed E-state index contributed by atoms with van der Waals surface area (Å²) < 4.78 is 1.70. The smallest absolute Gasteiger partial charge is 0.178 e. The Hall–Kier alpha value is -2.10. The molecule has 82 valence electrons. The molecule has 0 aliphatic rings. The number of nitrogens with zero attached hydrogens (tertiary/aromatic N) is 2. The molecule has 0 spiro atoms. The van der Waals surface area contributed by atoms with Crippen molar-refractivity contribution in [3.63, 3.8) is 0 Å². The van der Waals surface area contributed by atoms with Crippen LogP contribution in [0.1, 0.15) is 5.69 Å². The first-order chi connectivity index (χ1) is 7.72. The van der Waals surface area contributed by atoms with Crippen molar-refractivity contribution in [2.45, 2.75) is 13.5 Å². The highest BCUT2D eigenvalue weighted by Crippen LogP contribution is 2.17. The van der Waals surface area contributed by atoms with Crippen LogP contribution in [-0.2, 0) is 11.3 Å². The molecule has 0 radical (unpaired) electrons. The van der Waals surface area contributed by atoms with E-state index in [1.807, 2.05) is 31.2 Å². The highest BCUT2D eigenvalue weighted by atomic mass is 16.1. The molecule has 4 nitrogen and oxygen atoms in total. The number of carbonyl (C=O) groups excluding carboxylic acids is 1. The molecule has 0 atom stereocenters. The van der Waals surface area contributed by atoms with E-state index in [2.05, 4.69) is 5.10 Å². The summed E-state index contributed by atoms with van der Waals surface area (Å²) in [6.07, 6.45) is 2.60. The molecule has 2 rings (SSSR count). The summed E-state index contributed by atoms with van der Waals surface area (Å²) in [5.41, 5.74) is 7.07. The van der Waals surface area contributed by atoms with Crippen molar-refractivity contribution in [3.05, 3.63) is 42.2 Å². The number of fused-ring (bicyclic) bond motifs is 1. The SMILES string of the molecule is Cc1nn(CC(=O)/C=C\N)c2ccccc12. The minimum absolute atomic E-state index is 0.0595. The summed E-state index contributed by atoms with van der Waals surface area (Å²) in [5, 5.41) is 5.41. The van der Waals surface area contributed by atoms with Gasteiger partial charge in [-0.1, -0.05) is 18.2 Å². The van der Waals surface area contributed by atoms with Gasteiger partial charge in [0.15, 0.2) is 5.78 Å². The zero-order chi connectivity index (χ0) is 11.5. The maximum absolute atomic E-state index is 11.4.